The van der Waals surface area contributed by atoms with Gasteiger partial charge in [-0.3, -0.25) is 4.98 Å². The Hall–Kier alpha value is -1.81. The molecule has 0 spiro atoms. The fourth-order valence-corrected chi connectivity index (χ4v) is 1.87. The molecular formula is C13H15ClN4. The first-order chi connectivity index (χ1) is 8.65. The number of pyridine rings is 2. The first-order valence-corrected chi connectivity index (χ1v) is 6.06. The van der Waals surface area contributed by atoms with Gasteiger partial charge in [-0.1, -0.05) is 11.6 Å². The normalized spacial score (nSPS) is 10.3. The molecule has 2 aromatic heterocycles. The Balaban J connectivity index is 2.01. The highest BCUT2D eigenvalue weighted by molar-refractivity contribution is 6.29. The van der Waals surface area contributed by atoms with Crippen LogP contribution in [0, 0.1) is 0 Å². The number of nitrogen functional groups attached to an aromatic ring is 1. The van der Waals surface area contributed by atoms with Crippen molar-refractivity contribution in [1.29, 1.82) is 0 Å². The molecule has 0 amide bonds. The van der Waals surface area contributed by atoms with Gasteiger partial charge >= 0.3 is 0 Å². The SMILES string of the molecule is CN(CCc1ccncc1)c1cc(N)cc(Cl)n1. The molecular weight excluding hydrogens is 248 g/mol. The highest BCUT2D eigenvalue weighted by atomic mass is 35.5. The maximum atomic E-state index is 5.89. The maximum Gasteiger partial charge on any atom is 0.133 e. The highest BCUT2D eigenvalue weighted by Crippen LogP contribution is 2.18. The van der Waals surface area contributed by atoms with Crippen molar-refractivity contribution < 1.29 is 0 Å². The summed E-state index contributed by atoms with van der Waals surface area (Å²) >= 11 is 5.89. The van der Waals surface area contributed by atoms with Crippen LogP contribution in [-0.2, 0) is 6.42 Å². The molecule has 0 saturated carbocycles. The van der Waals surface area contributed by atoms with Crippen LogP contribution >= 0.6 is 11.6 Å². The second-order valence-electron chi connectivity index (χ2n) is 4.11. The predicted molar refractivity (Wildman–Crippen MR) is 74.9 cm³/mol. The van der Waals surface area contributed by atoms with Crippen LogP contribution in [0.5, 0.6) is 0 Å². The molecule has 0 fully saturated rings. The Morgan fingerprint density at radius 3 is 2.67 bits per heavy atom. The van der Waals surface area contributed by atoms with Gasteiger partial charge < -0.3 is 10.6 Å². The molecule has 4 nitrogen and oxygen atoms in total. The van der Waals surface area contributed by atoms with E-state index in [0.717, 1.165) is 18.8 Å². The zero-order valence-electron chi connectivity index (χ0n) is 10.2. The summed E-state index contributed by atoms with van der Waals surface area (Å²) in [5, 5.41) is 0.417. The standard InChI is InChI=1S/C13H15ClN4/c1-18(7-4-10-2-5-16-6-3-10)13-9-11(15)8-12(14)17-13/h2-3,5-6,8-9H,4,7H2,1H3,(H2,15,17). The minimum Gasteiger partial charge on any atom is -0.399 e. The third kappa shape index (κ3) is 3.34. The molecule has 2 aromatic rings. The van der Waals surface area contributed by atoms with Crippen molar-refractivity contribution in [3.05, 3.63) is 47.4 Å². The molecule has 0 atom stereocenters. The smallest absolute Gasteiger partial charge is 0.133 e. The zero-order chi connectivity index (χ0) is 13.0. The number of nitrogens with two attached hydrogens (primary N) is 1. The van der Waals surface area contributed by atoms with Gasteiger partial charge in [-0.2, -0.15) is 0 Å². The Morgan fingerprint density at radius 1 is 1.28 bits per heavy atom. The topological polar surface area (TPSA) is 55.0 Å². The molecule has 2 N–H and O–H groups in total. The number of likely N-dealkylation sites (N-methyl/N-ethyl adjacent to an activating group) is 1. The van der Waals surface area contributed by atoms with Crippen molar-refractivity contribution in [2.24, 2.45) is 0 Å². The number of hydrogen-bond donors (Lipinski definition) is 1. The van der Waals surface area contributed by atoms with Crippen molar-refractivity contribution in [2.75, 3.05) is 24.2 Å². The zero-order valence-corrected chi connectivity index (χ0v) is 10.9. The largest absolute Gasteiger partial charge is 0.399 e. The average molecular weight is 263 g/mol. The molecule has 0 bridgehead atoms. The lowest BCUT2D eigenvalue weighted by Gasteiger charge is -2.18. The van der Waals surface area contributed by atoms with E-state index in [1.54, 1.807) is 18.5 Å². The number of aromatic nitrogens is 2. The van der Waals surface area contributed by atoms with E-state index in [4.69, 9.17) is 17.3 Å². The van der Waals surface area contributed by atoms with Gasteiger partial charge in [0, 0.05) is 37.7 Å². The molecule has 0 radical (unpaired) electrons. The van der Waals surface area contributed by atoms with Crippen LogP contribution in [0.3, 0.4) is 0 Å². The van der Waals surface area contributed by atoms with Crippen LogP contribution in [0.4, 0.5) is 11.5 Å². The molecule has 0 saturated heterocycles. The molecule has 0 aliphatic rings. The molecule has 2 heterocycles. The number of halogens is 1. The number of anilines is 2. The first kappa shape index (κ1) is 12.6. The Labute approximate surface area is 111 Å². The molecule has 2 rings (SSSR count). The van der Waals surface area contributed by atoms with E-state index < -0.39 is 0 Å². The fraction of sp³-hybridized carbons (Fsp3) is 0.231. The van der Waals surface area contributed by atoms with Crippen molar-refractivity contribution >= 4 is 23.1 Å². The number of nitrogens with zero attached hydrogens (tertiary/aromatic N) is 3. The van der Waals surface area contributed by atoms with E-state index in [2.05, 4.69) is 9.97 Å². The summed E-state index contributed by atoms with van der Waals surface area (Å²) in [5.41, 5.74) is 7.61. The summed E-state index contributed by atoms with van der Waals surface area (Å²) in [5.74, 6) is 0.786. The summed E-state index contributed by atoms with van der Waals surface area (Å²) in [6.45, 7) is 0.844. The minimum absolute atomic E-state index is 0.417. The maximum absolute atomic E-state index is 5.89. The Kier molecular flexibility index (Phi) is 3.99. The van der Waals surface area contributed by atoms with Crippen LogP contribution in [0.2, 0.25) is 5.15 Å². The molecule has 0 aromatic carbocycles. The van der Waals surface area contributed by atoms with Gasteiger partial charge in [-0.15, -0.1) is 0 Å². The molecule has 94 valence electrons. The monoisotopic (exact) mass is 262 g/mol. The predicted octanol–water partition coefficient (Wildman–Crippen LogP) is 2.39. The second kappa shape index (κ2) is 5.69. The van der Waals surface area contributed by atoms with Gasteiger partial charge in [-0.25, -0.2) is 4.98 Å². The van der Waals surface area contributed by atoms with Crippen LogP contribution < -0.4 is 10.6 Å². The Morgan fingerprint density at radius 2 is 2.00 bits per heavy atom. The molecule has 0 aliphatic carbocycles. The van der Waals surface area contributed by atoms with Gasteiger partial charge in [-0.05, 0) is 30.2 Å². The van der Waals surface area contributed by atoms with Gasteiger partial charge in [0.15, 0.2) is 0 Å². The number of rotatable bonds is 4. The van der Waals surface area contributed by atoms with Gasteiger partial charge in [0.1, 0.15) is 11.0 Å². The van der Waals surface area contributed by atoms with Gasteiger partial charge in [0.2, 0.25) is 0 Å². The van der Waals surface area contributed by atoms with Crippen LogP contribution in [-0.4, -0.2) is 23.6 Å². The lowest BCUT2D eigenvalue weighted by molar-refractivity contribution is 0.859. The van der Waals surface area contributed by atoms with E-state index >= 15 is 0 Å². The first-order valence-electron chi connectivity index (χ1n) is 5.68. The summed E-state index contributed by atoms with van der Waals surface area (Å²) in [7, 11) is 1.97. The van der Waals surface area contributed by atoms with E-state index in [1.807, 2.05) is 30.1 Å². The second-order valence-corrected chi connectivity index (χ2v) is 4.50. The quantitative estimate of drug-likeness (QED) is 0.860. The van der Waals surface area contributed by atoms with Crippen LogP contribution in [0.15, 0.2) is 36.7 Å². The van der Waals surface area contributed by atoms with E-state index in [1.165, 1.54) is 5.56 Å². The van der Waals surface area contributed by atoms with Gasteiger partial charge in [0.05, 0.1) is 0 Å². The minimum atomic E-state index is 0.417. The molecule has 0 aliphatic heterocycles. The molecule has 5 heteroatoms. The Bertz CT molecular complexity index is 495. The number of hydrogen-bond acceptors (Lipinski definition) is 4. The summed E-state index contributed by atoms with van der Waals surface area (Å²) in [6, 6.07) is 7.47. The van der Waals surface area contributed by atoms with Crippen molar-refractivity contribution in [3.63, 3.8) is 0 Å². The summed E-state index contributed by atoms with van der Waals surface area (Å²) in [4.78, 5) is 10.3. The third-order valence-electron chi connectivity index (χ3n) is 2.68. The lowest BCUT2D eigenvalue weighted by Crippen LogP contribution is -2.21. The van der Waals surface area contributed by atoms with Crippen LogP contribution in [0.1, 0.15) is 5.56 Å². The van der Waals surface area contributed by atoms with E-state index in [9.17, 15) is 0 Å². The lowest BCUT2D eigenvalue weighted by atomic mass is 10.2. The van der Waals surface area contributed by atoms with Crippen molar-refractivity contribution in [1.82, 2.24) is 9.97 Å². The summed E-state index contributed by atoms with van der Waals surface area (Å²) in [6.07, 6.45) is 4.52. The molecule has 0 unspecified atom stereocenters. The van der Waals surface area contributed by atoms with Crippen molar-refractivity contribution in [3.8, 4) is 0 Å². The fourth-order valence-electron chi connectivity index (χ4n) is 1.66. The van der Waals surface area contributed by atoms with E-state index in [-0.39, 0.29) is 0 Å². The summed E-state index contributed by atoms with van der Waals surface area (Å²) < 4.78 is 0. The highest BCUT2D eigenvalue weighted by Gasteiger charge is 2.05. The third-order valence-corrected chi connectivity index (χ3v) is 2.87. The van der Waals surface area contributed by atoms with Crippen LogP contribution in [0.25, 0.3) is 0 Å². The molecule has 18 heavy (non-hydrogen) atoms. The van der Waals surface area contributed by atoms with E-state index in [0.29, 0.717) is 10.8 Å². The van der Waals surface area contributed by atoms with Gasteiger partial charge in [0.25, 0.3) is 0 Å². The average Bonchev–Trinajstić information content (AvgIpc) is 2.36. The van der Waals surface area contributed by atoms with Crippen molar-refractivity contribution in [2.45, 2.75) is 6.42 Å².